The molecule has 0 spiro atoms. The highest BCUT2D eigenvalue weighted by Crippen LogP contribution is 2.16. The van der Waals surface area contributed by atoms with Gasteiger partial charge in [0.2, 0.25) is 10.0 Å². The molecule has 7 heteroatoms. The van der Waals surface area contributed by atoms with Gasteiger partial charge in [0.05, 0.1) is 17.1 Å². The van der Waals surface area contributed by atoms with E-state index >= 15 is 0 Å². The van der Waals surface area contributed by atoms with Gasteiger partial charge in [-0.1, -0.05) is 0 Å². The number of nitrogens with one attached hydrogen (secondary N) is 1. The summed E-state index contributed by atoms with van der Waals surface area (Å²) < 4.78 is 45.2. The highest BCUT2D eigenvalue weighted by molar-refractivity contribution is 7.89. The van der Waals surface area contributed by atoms with Crippen LogP contribution >= 0.6 is 0 Å². The normalized spacial score (nSPS) is 12.7. The maximum Gasteiger partial charge on any atom is 0.240 e. The molecule has 0 fully saturated rings. The molecule has 0 radical (unpaired) electrons. The van der Waals surface area contributed by atoms with E-state index in [9.17, 15) is 12.8 Å². The highest BCUT2D eigenvalue weighted by atomic mass is 32.2. The van der Waals surface area contributed by atoms with Crippen molar-refractivity contribution in [1.82, 2.24) is 4.72 Å². The van der Waals surface area contributed by atoms with Crippen molar-refractivity contribution < 1.29 is 22.7 Å². The van der Waals surface area contributed by atoms with Gasteiger partial charge in [0.25, 0.3) is 0 Å². The van der Waals surface area contributed by atoms with Crippen LogP contribution in [-0.4, -0.2) is 32.3 Å². The molecule has 0 bridgehead atoms. The number of halogens is 1. The molecule has 0 saturated heterocycles. The molecule has 0 atom stereocenters. The minimum atomic E-state index is -3.77. The minimum absolute atomic E-state index is 0.0584. The molecule has 0 aromatic heterocycles. The van der Waals surface area contributed by atoms with Crippen molar-refractivity contribution in [2.45, 2.75) is 37.9 Å². The number of benzene rings is 1. The Balaban J connectivity index is 2.89. The third-order valence-corrected chi connectivity index (χ3v) is 4.12. The van der Waals surface area contributed by atoms with Gasteiger partial charge in [0.1, 0.15) is 5.82 Å². The molecule has 0 amide bonds. The van der Waals surface area contributed by atoms with Crippen molar-refractivity contribution in [2.24, 2.45) is 0 Å². The van der Waals surface area contributed by atoms with E-state index in [-0.39, 0.29) is 17.0 Å². The van der Waals surface area contributed by atoms with Crippen molar-refractivity contribution in [3.63, 3.8) is 0 Å². The van der Waals surface area contributed by atoms with E-state index in [0.29, 0.717) is 6.61 Å². The zero-order valence-electron chi connectivity index (χ0n) is 11.8. The fourth-order valence-corrected chi connectivity index (χ4v) is 2.88. The van der Waals surface area contributed by atoms with Crippen LogP contribution < -0.4 is 4.72 Å². The maximum atomic E-state index is 13.2. The summed E-state index contributed by atoms with van der Waals surface area (Å²) in [6.45, 7) is 5.37. The van der Waals surface area contributed by atoms with E-state index in [2.05, 4.69) is 4.72 Å². The number of aliphatic hydroxyl groups is 1. The number of rotatable bonds is 7. The molecular formula is C13H20FNO4S. The van der Waals surface area contributed by atoms with Crippen LogP contribution in [0.4, 0.5) is 4.39 Å². The SMILES string of the molecule is CCOC(C)(C)CNS(=O)(=O)c1ccc(F)c(CO)c1. The number of hydrogen-bond donors (Lipinski definition) is 2. The zero-order chi connectivity index (χ0) is 15.4. The van der Waals surface area contributed by atoms with Gasteiger partial charge in [-0.15, -0.1) is 0 Å². The quantitative estimate of drug-likeness (QED) is 0.798. The first kappa shape index (κ1) is 17.0. The second-order valence-electron chi connectivity index (χ2n) is 4.93. The van der Waals surface area contributed by atoms with Crippen LogP contribution in [0.3, 0.4) is 0 Å². The van der Waals surface area contributed by atoms with E-state index < -0.39 is 28.0 Å². The monoisotopic (exact) mass is 305 g/mol. The molecule has 20 heavy (non-hydrogen) atoms. The summed E-state index contributed by atoms with van der Waals surface area (Å²) in [6, 6.07) is 3.30. The molecule has 1 rings (SSSR count). The van der Waals surface area contributed by atoms with Crippen LogP contribution in [0.2, 0.25) is 0 Å². The topological polar surface area (TPSA) is 75.6 Å². The van der Waals surface area contributed by atoms with Crippen LogP contribution in [0, 0.1) is 5.82 Å². The number of ether oxygens (including phenoxy) is 1. The summed E-state index contributed by atoms with van der Waals surface area (Å²) in [5.74, 6) is -0.638. The fraction of sp³-hybridized carbons (Fsp3) is 0.538. The first-order valence-electron chi connectivity index (χ1n) is 6.25. The lowest BCUT2D eigenvalue weighted by Crippen LogP contribution is -2.40. The third kappa shape index (κ3) is 4.52. The van der Waals surface area contributed by atoms with E-state index in [4.69, 9.17) is 9.84 Å². The number of hydrogen-bond acceptors (Lipinski definition) is 4. The van der Waals surface area contributed by atoms with Gasteiger partial charge in [0.15, 0.2) is 0 Å². The van der Waals surface area contributed by atoms with Crippen molar-refractivity contribution >= 4 is 10.0 Å². The average molecular weight is 305 g/mol. The second kappa shape index (κ2) is 6.62. The minimum Gasteiger partial charge on any atom is -0.392 e. The van der Waals surface area contributed by atoms with E-state index in [1.54, 1.807) is 13.8 Å². The molecule has 1 aromatic rings. The summed E-state index contributed by atoms with van der Waals surface area (Å²) in [6.07, 6.45) is 0. The van der Waals surface area contributed by atoms with Crippen molar-refractivity contribution in [3.8, 4) is 0 Å². The van der Waals surface area contributed by atoms with Crippen LogP contribution in [0.25, 0.3) is 0 Å². The Bertz CT molecular complexity index is 557. The standard InChI is InChI=1S/C13H20FNO4S/c1-4-19-13(2,3)9-15-20(17,18)11-5-6-12(14)10(7-11)8-16/h5-7,15-16H,4,8-9H2,1-3H3. The molecule has 1 aromatic carbocycles. The lowest BCUT2D eigenvalue weighted by molar-refractivity contribution is -0.00515. The number of aliphatic hydroxyl groups excluding tert-OH is 1. The van der Waals surface area contributed by atoms with Gasteiger partial charge in [-0.05, 0) is 39.0 Å². The molecule has 0 saturated carbocycles. The smallest absolute Gasteiger partial charge is 0.240 e. The van der Waals surface area contributed by atoms with E-state index in [1.807, 2.05) is 6.92 Å². The fourth-order valence-electron chi connectivity index (χ4n) is 1.63. The third-order valence-electron chi connectivity index (χ3n) is 2.72. The number of sulfonamides is 1. The summed E-state index contributed by atoms with van der Waals surface area (Å²) in [5, 5.41) is 8.96. The van der Waals surface area contributed by atoms with Gasteiger partial charge in [-0.3, -0.25) is 0 Å². The summed E-state index contributed by atoms with van der Waals surface area (Å²) in [5.41, 5.74) is -0.696. The Labute approximate surface area is 118 Å². The maximum absolute atomic E-state index is 13.2. The molecule has 0 unspecified atom stereocenters. The molecule has 114 valence electrons. The van der Waals surface area contributed by atoms with Gasteiger partial charge in [-0.25, -0.2) is 17.5 Å². The Morgan fingerprint density at radius 2 is 2.05 bits per heavy atom. The zero-order valence-corrected chi connectivity index (χ0v) is 12.6. The van der Waals surface area contributed by atoms with Gasteiger partial charge >= 0.3 is 0 Å². The molecular weight excluding hydrogens is 285 g/mol. The molecule has 5 nitrogen and oxygen atoms in total. The predicted octanol–water partition coefficient (Wildman–Crippen LogP) is 1.41. The Kier molecular flexibility index (Phi) is 5.64. The van der Waals surface area contributed by atoms with E-state index in [0.717, 1.165) is 18.2 Å². The summed E-state index contributed by atoms with van der Waals surface area (Å²) in [4.78, 5) is -0.0877. The van der Waals surface area contributed by atoms with Crippen LogP contribution in [-0.2, 0) is 21.4 Å². The largest absolute Gasteiger partial charge is 0.392 e. The lowest BCUT2D eigenvalue weighted by atomic mass is 10.1. The van der Waals surface area contributed by atoms with Crippen molar-refractivity contribution in [3.05, 3.63) is 29.6 Å². The Hall–Kier alpha value is -1.02. The van der Waals surface area contributed by atoms with Crippen molar-refractivity contribution in [2.75, 3.05) is 13.2 Å². The van der Waals surface area contributed by atoms with Gasteiger partial charge in [-0.2, -0.15) is 0 Å². The van der Waals surface area contributed by atoms with Crippen molar-refractivity contribution in [1.29, 1.82) is 0 Å². The first-order valence-corrected chi connectivity index (χ1v) is 7.73. The second-order valence-corrected chi connectivity index (χ2v) is 6.70. The Morgan fingerprint density at radius 1 is 1.40 bits per heavy atom. The van der Waals surface area contributed by atoms with E-state index in [1.165, 1.54) is 0 Å². The molecule has 0 aliphatic rings. The lowest BCUT2D eigenvalue weighted by Gasteiger charge is -2.24. The average Bonchev–Trinajstić information content (AvgIpc) is 2.37. The molecule has 2 N–H and O–H groups in total. The molecule has 0 aliphatic heterocycles. The van der Waals surface area contributed by atoms with Gasteiger partial charge in [0, 0.05) is 18.7 Å². The predicted molar refractivity (Wildman–Crippen MR) is 73.2 cm³/mol. The first-order chi connectivity index (χ1) is 9.22. The highest BCUT2D eigenvalue weighted by Gasteiger charge is 2.23. The van der Waals surface area contributed by atoms with Crippen LogP contribution in [0.1, 0.15) is 26.3 Å². The Morgan fingerprint density at radius 3 is 2.60 bits per heavy atom. The molecule has 0 heterocycles. The van der Waals surface area contributed by atoms with Gasteiger partial charge < -0.3 is 9.84 Å². The van der Waals surface area contributed by atoms with Crippen LogP contribution in [0.15, 0.2) is 23.1 Å². The summed E-state index contributed by atoms with van der Waals surface area (Å²) >= 11 is 0. The molecule has 0 aliphatic carbocycles. The summed E-state index contributed by atoms with van der Waals surface area (Å²) in [7, 11) is -3.77. The van der Waals surface area contributed by atoms with Crippen LogP contribution in [0.5, 0.6) is 0 Å².